The van der Waals surface area contributed by atoms with E-state index in [2.05, 4.69) is 31.5 Å². The van der Waals surface area contributed by atoms with E-state index in [0.717, 1.165) is 11.3 Å². The van der Waals surface area contributed by atoms with Crippen LogP contribution in [0.3, 0.4) is 0 Å². The second-order valence-corrected chi connectivity index (χ2v) is 14.1. The van der Waals surface area contributed by atoms with Gasteiger partial charge in [0.25, 0.3) is 11.8 Å². The molecule has 1 aromatic heterocycles. The molecule has 0 fully saturated rings. The summed E-state index contributed by atoms with van der Waals surface area (Å²) in [6, 6.07) is 17.5. The Morgan fingerprint density at radius 1 is 0.914 bits per heavy atom. The van der Waals surface area contributed by atoms with E-state index in [1.165, 1.54) is 19.1 Å². The van der Waals surface area contributed by atoms with Gasteiger partial charge < -0.3 is 45.1 Å². The zero-order valence-corrected chi connectivity index (χ0v) is 32.9. The number of nitrogens with one attached hydrogen (secondary N) is 5. The number of aromatic amines is 1. The van der Waals surface area contributed by atoms with Crippen molar-refractivity contribution in [2.45, 2.75) is 64.3 Å². The molecule has 2 atom stereocenters. The lowest BCUT2D eigenvalue weighted by Gasteiger charge is -2.25. The number of ether oxygens (including phenoxy) is 4. The number of carbonyl (C=O) groups excluding carboxylic acids is 5. The Labute approximate surface area is 336 Å². The summed E-state index contributed by atoms with van der Waals surface area (Å²) in [6.45, 7) is 2.42. The molecule has 5 N–H and O–H groups in total. The number of aromatic nitrogens is 2. The SMILES string of the molecule is COc1cc2ccc1CNC(=O)[C@H](C)NC(=O)[C@H](CCc1ccccc1)NC(=O)CN(C(=O)c1n[nH]c3c1COCC3)CCCCNC(=O)c1ccc(OC)c(c1)O2. The van der Waals surface area contributed by atoms with E-state index < -0.39 is 35.7 Å². The summed E-state index contributed by atoms with van der Waals surface area (Å²) in [5, 5.41) is 18.5. The fourth-order valence-corrected chi connectivity index (χ4v) is 6.73. The lowest BCUT2D eigenvalue weighted by Crippen LogP contribution is -2.54. The second kappa shape index (κ2) is 19.6. The molecule has 0 radical (unpaired) electrons. The Morgan fingerprint density at radius 3 is 2.52 bits per heavy atom. The van der Waals surface area contributed by atoms with Crippen molar-refractivity contribution in [1.29, 1.82) is 0 Å². The first-order chi connectivity index (χ1) is 28.1. The van der Waals surface area contributed by atoms with E-state index in [4.69, 9.17) is 18.9 Å². The Hall–Kier alpha value is -6.42. The summed E-state index contributed by atoms with van der Waals surface area (Å²) < 4.78 is 22.8. The van der Waals surface area contributed by atoms with Crippen molar-refractivity contribution in [3.8, 4) is 23.0 Å². The molecule has 0 aliphatic carbocycles. The maximum Gasteiger partial charge on any atom is 0.275 e. The summed E-state index contributed by atoms with van der Waals surface area (Å²) in [5.41, 5.74) is 3.57. The molecule has 4 bridgehead atoms. The summed E-state index contributed by atoms with van der Waals surface area (Å²) in [5.74, 6) is -0.845. The predicted octanol–water partition coefficient (Wildman–Crippen LogP) is 3.20. The highest BCUT2D eigenvalue weighted by molar-refractivity contribution is 5.97. The molecule has 3 aliphatic rings. The Morgan fingerprint density at radius 2 is 1.72 bits per heavy atom. The molecule has 58 heavy (non-hydrogen) atoms. The number of fused-ring (bicyclic) bond motifs is 19. The van der Waals surface area contributed by atoms with Crippen LogP contribution >= 0.6 is 0 Å². The van der Waals surface area contributed by atoms with E-state index in [1.807, 2.05) is 30.3 Å². The van der Waals surface area contributed by atoms with Crippen molar-refractivity contribution in [2.75, 3.05) is 40.5 Å². The maximum absolute atomic E-state index is 14.0. The van der Waals surface area contributed by atoms with E-state index >= 15 is 0 Å². The normalized spacial score (nSPS) is 18.6. The molecule has 0 saturated carbocycles. The summed E-state index contributed by atoms with van der Waals surface area (Å²) in [6.07, 6.45) is 2.18. The molecule has 4 heterocycles. The van der Waals surface area contributed by atoms with Crippen molar-refractivity contribution >= 4 is 29.5 Å². The first-order valence-electron chi connectivity index (χ1n) is 19.3. The van der Waals surface area contributed by atoms with Gasteiger partial charge in [-0.1, -0.05) is 30.3 Å². The number of nitrogens with zero attached hydrogens (tertiary/aromatic N) is 2. The highest BCUT2D eigenvalue weighted by Crippen LogP contribution is 2.35. The minimum absolute atomic E-state index is 0.0742. The van der Waals surface area contributed by atoms with Gasteiger partial charge in [0.05, 0.1) is 34.0 Å². The molecule has 16 nitrogen and oxygen atoms in total. The average molecular weight is 796 g/mol. The van der Waals surface area contributed by atoms with Gasteiger partial charge >= 0.3 is 0 Å². The van der Waals surface area contributed by atoms with Gasteiger partial charge in [-0.2, -0.15) is 5.10 Å². The van der Waals surface area contributed by atoms with Crippen LogP contribution in [-0.4, -0.2) is 97.2 Å². The molecule has 0 unspecified atom stereocenters. The van der Waals surface area contributed by atoms with Gasteiger partial charge in [-0.25, -0.2) is 0 Å². The van der Waals surface area contributed by atoms with Crippen LogP contribution in [0.5, 0.6) is 23.0 Å². The molecule has 5 amide bonds. The number of H-pyrrole nitrogens is 1. The first kappa shape index (κ1) is 41.2. The van der Waals surface area contributed by atoms with Crippen LogP contribution < -0.4 is 35.5 Å². The molecule has 16 heteroatoms. The van der Waals surface area contributed by atoms with Crippen LogP contribution in [0, 0.1) is 0 Å². The highest BCUT2D eigenvalue weighted by atomic mass is 16.5. The second-order valence-electron chi connectivity index (χ2n) is 14.1. The molecule has 0 spiro atoms. The number of rotatable bonds is 6. The van der Waals surface area contributed by atoms with Gasteiger partial charge in [-0.05, 0) is 68.5 Å². The van der Waals surface area contributed by atoms with Crippen LogP contribution in [-0.2, 0) is 45.1 Å². The topological polar surface area (TPSA) is 202 Å². The minimum atomic E-state index is -1.03. The molecule has 0 saturated heterocycles. The van der Waals surface area contributed by atoms with Gasteiger partial charge in [0.1, 0.15) is 23.6 Å². The maximum atomic E-state index is 14.0. The van der Waals surface area contributed by atoms with Crippen molar-refractivity contribution < 1.29 is 42.9 Å². The highest BCUT2D eigenvalue weighted by Gasteiger charge is 2.30. The Bertz CT molecular complexity index is 2110. The monoisotopic (exact) mass is 795 g/mol. The van der Waals surface area contributed by atoms with E-state index in [1.54, 1.807) is 43.3 Å². The summed E-state index contributed by atoms with van der Waals surface area (Å²) in [4.78, 5) is 69.5. The number of methoxy groups -OCH3 is 2. The van der Waals surface area contributed by atoms with Crippen LogP contribution in [0.25, 0.3) is 0 Å². The molecule has 3 aliphatic heterocycles. The van der Waals surface area contributed by atoms with E-state index in [-0.39, 0.29) is 50.8 Å². The summed E-state index contributed by atoms with van der Waals surface area (Å²) >= 11 is 0. The number of amides is 5. The molecule has 4 aromatic rings. The van der Waals surface area contributed by atoms with Crippen molar-refractivity contribution in [1.82, 2.24) is 36.4 Å². The van der Waals surface area contributed by atoms with Gasteiger partial charge in [-0.3, -0.25) is 29.1 Å². The third kappa shape index (κ3) is 10.5. The first-order valence-corrected chi connectivity index (χ1v) is 19.3. The van der Waals surface area contributed by atoms with Gasteiger partial charge in [0.2, 0.25) is 17.7 Å². The van der Waals surface area contributed by atoms with Crippen molar-refractivity contribution in [2.24, 2.45) is 0 Å². The number of hydrogen-bond acceptors (Lipinski definition) is 10. The number of carbonyl (C=O) groups is 5. The van der Waals surface area contributed by atoms with Crippen molar-refractivity contribution in [3.63, 3.8) is 0 Å². The van der Waals surface area contributed by atoms with Gasteiger partial charge in [0, 0.05) is 54.5 Å². The lowest BCUT2D eigenvalue weighted by atomic mass is 10.0. The van der Waals surface area contributed by atoms with Gasteiger partial charge in [-0.15, -0.1) is 0 Å². The number of benzene rings is 3. The smallest absolute Gasteiger partial charge is 0.275 e. The summed E-state index contributed by atoms with van der Waals surface area (Å²) in [7, 11) is 2.99. The molecule has 306 valence electrons. The van der Waals surface area contributed by atoms with Crippen LogP contribution in [0.2, 0.25) is 0 Å². The molecular weight excluding hydrogens is 747 g/mol. The van der Waals surface area contributed by atoms with Crippen LogP contribution in [0.4, 0.5) is 0 Å². The standard InChI is InChI=1S/C42H49N7O9/c1-26-39(51)44-23-29-12-14-30(22-35(29)56-3)58-36-21-28(13-16-34(36)55-2)40(52)43-18-7-8-19-49(42(54)38-31-25-57-20-17-32(31)47-48-38)24-37(50)46-33(41(53)45-26)15-11-27-9-5-4-6-10-27/h4-6,9-10,12-14,16,21-22,26,33H,7-8,11,15,17-20,23-25H2,1-3H3,(H,43,52)(H,44,51)(H,45,53)(H,46,50)(H,47,48)/t26-,33-/m0/s1. The Balaban J connectivity index is 1.26. The lowest BCUT2D eigenvalue weighted by molar-refractivity contribution is -0.132. The minimum Gasteiger partial charge on any atom is -0.496 e. The van der Waals surface area contributed by atoms with Gasteiger partial charge in [0.15, 0.2) is 17.2 Å². The third-order valence-electron chi connectivity index (χ3n) is 9.99. The van der Waals surface area contributed by atoms with Crippen molar-refractivity contribution in [3.05, 3.63) is 100 Å². The van der Waals surface area contributed by atoms with Crippen LogP contribution in [0.1, 0.15) is 69.4 Å². The third-order valence-corrected chi connectivity index (χ3v) is 9.99. The fourth-order valence-electron chi connectivity index (χ4n) is 6.73. The molecular formula is C42H49N7O9. The fraction of sp³-hybridized carbons (Fsp3) is 0.381. The molecule has 7 rings (SSSR count). The average Bonchev–Trinajstić information content (AvgIpc) is 3.67. The zero-order chi connectivity index (χ0) is 41.0. The quantitative estimate of drug-likeness (QED) is 0.181. The number of aryl methyl sites for hydroxylation is 1. The Kier molecular flexibility index (Phi) is 14.0. The predicted molar refractivity (Wildman–Crippen MR) is 212 cm³/mol. The van der Waals surface area contributed by atoms with E-state index in [9.17, 15) is 24.0 Å². The largest absolute Gasteiger partial charge is 0.496 e. The zero-order valence-electron chi connectivity index (χ0n) is 32.9. The van der Waals surface area contributed by atoms with Crippen LogP contribution in [0.15, 0.2) is 66.7 Å². The van der Waals surface area contributed by atoms with E-state index in [0.29, 0.717) is 72.0 Å². The molecule has 3 aromatic carbocycles. The number of hydrogen-bond donors (Lipinski definition) is 5.